The fraction of sp³-hybridized carbons (Fsp3) is 0.600. The van der Waals surface area contributed by atoms with E-state index in [1.165, 1.54) is 56.3 Å². The lowest BCUT2D eigenvalue weighted by molar-refractivity contribution is 0.288. The van der Waals surface area contributed by atoms with E-state index >= 15 is 0 Å². The van der Waals surface area contributed by atoms with E-state index in [-0.39, 0.29) is 0 Å². The molecule has 1 aromatic rings. The van der Waals surface area contributed by atoms with Gasteiger partial charge < -0.3 is 10.1 Å². The molecule has 0 amide bonds. The lowest BCUT2D eigenvalue weighted by Gasteiger charge is -2.23. The topological polar surface area (TPSA) is 21.3 Å². The van der Waals surface area contributed by atoms with Crippen LogP contribution in [0.1, 0.15) is 30.4 Å². The van der Waals surface area contributed by atoms with Crippen molar-refractivity contribution in [3.8, 4) is 5.75 Å². The Morgan fingerprint density at radius 2 is 2.12 bits per heavy atom. The van der Waals surface area contributed by atoms with E-state index < -0.39 is 0 Å². The number of hydrogen-bond acceptors (Lipinski definition) is 2. The summed E-state index contributed by atoms with van der Waals surface area (Å²) in [6.07, 6.45) is 6.26. The van der Waals surface area contributed by atoms with E-state index in [0.29, 0.717) is 0 Å². The number of fused-ring (bicyclic) bond motifs is 1. The Morgan fingerprint density at radius 3 is 3.00 bits per heavy atom. The van der Waals surface area contributed by atoms with Gasteiger partial charge in [0.05, 0.1) is 6.61 Å². The van der Waals surface area contributed by atoms with E-state index in [4.69, 9.17) is 4.74 Å². The van der Waals surface area contributed by atoms with Crippen molar-refractivity contribution >= 4 is 0 Å². The van der Waals surface area contributed by atoms with Gasteiger partial charge in [0.25, 0.3) is 0 Å². The predicted molar refractivity (Wildman–Crippen MR) is 69.6 cm³/mol. The first-order valence-electron chi connectivity index (χ1n) is 6.87. The molecule has 0 aliphatic carbocycles. The van der Waals surface area contributed by atoms with Crippen molar-refractivity contribution < 1.29 is 4.74 Å². The van der Waals surface area contributed by atoms with Crippen molar-refractivity contribution in [2.75, 3.05) is 19.7 Å². The first-order chi connectivity index (χ1) is 8.42. The SMILES string of the molecule is c1cc2c(cc1CC1CCNCC1)CCCO2. The van der Waals surface area contributed by atoms with Crippen molar-refractivity contribution in [2.24, 2.45) is 5.92 Å². The number of hydrogen-bond donors (Lipinski definition) is 1. The van der Waals surface area contributed by atoms with Gasteiger partial charge in [0.2, 0.25) is 0 Å². The van der Waals surface area contributed by atoms with Gasteiger partial charge in [0.1, 0.15) is 5.75 Å². The molecule has 17 heavy (non-hydrogen) atoms. The Hall–Kier alpha value is -1.02. The molecule has 1 N–H and O–H groups in total. The number of ether oxygens (including phenoxy) is 1. The third-order valence-corrected chi connectivity index (χ3v) is 3.96. The zero-order valence-corrected chi connectivity index (χ0v) is 10.4. The van der Waals surface area contributed by atoms with Crippen LogP contribution in [0.4, 0.5) is 0 Å². The van der Waals surface area contributed by atoms with Crippen LogP contribution < -0.4 is 10.1 Å². The summed E-state index contributed by atoms with van der Waals surface area (Å²) in [7, 11) is 0. The molecule has 0 bridgehead atoms. The Kier molecular flexibility index (Phi) is 3.32. The largest absolute Gasteiger partial charge is 0.493 e. The number of benzene rings is 1. The lowest BCUT2D eigenvalue weighted by Crippen LogP contribution is -2.28. The first kappa shape index (κ1) is 11.1. The molecule has 3 rings (SSSR count). The van der Waals surface area contributed by atoms with Crippen molar-refractivity contribution in [3.63, 3.8) is 0 Å². The molecule has 0 saturated carbocycles. The summed E-state index contributed by atoms with van der Waals surface area (Å²) in [4.78, 5) is 0. The molecule has 2 heteroatoms. The van der Waals surface area contributed by atoms with Crippen LogP contribution in [-0.2, 0) is 12.8 Å². The summed E-state index contributed by atoms with van der Waals surface area (Å²) in [6, 6.07) is 6.80. The van der Waals surface area contributed by atoms with E-state index in [9.17, 15) is 0 Å². The molecule has 1 saturated heterocycles. The predicted octanol–water partition coefficient (Wildman–Crippen LogP) is 2.55. The van der Waals surface area contributed by atoms with E-state index in [1.54, 1.807) is 0 Å². The van der Waals surface area contributed by atoms with Crippen LogP contribution in [0.25, 0.3) is 0 Å². The Labute approximate surface area is 103 Å². The maximum absolute atomic E-state index is 5.66. The molecule has 0 spiro atoms. The maximum atomic E-state index is 5.66. The Morgan fingerprint density at radius 1 is 1.24 bits per heavy atom. The van der Waals surface area contributed by atoms with Gasteiger partial charge in [-0.3, -0.25) is 0 Å². The van der Waals surface area contributed by atoms with E-state index in [1.807, 2.05) is 0 Å². The third-order valence-electron chi connectivity index (χ3n) is 3.96. The second kappa shape index (κ2) is 5.09. The van der Waals surface area contributed by atoms with Crippen molar-refractivity contribution in [2.45, 2.75) is 32.1 Å². The average Bonchev–Trinajstić information content (AvgIpc) is 2.40. The molecule has 1 fully saturated rings. The smallest absolute Gasteiger partial charge is 0.122 e. The number of rotatable bonds is 2. The molecular weight excluding hydrogens is 210 g/mol. The van der Waals surface area contributed by atoms with E-state index in [2.05, 4.69) is 23.5 Å². The molecule has 0 atom stereocenters. The number of aryl methyl sites for hydroxylation is 1. The van der Waals surface area contributed by atoms with Crippen LogP contribution in [0.15, 0.2) is 18.2 Å². The molecule has 0 aromatic heterocycles. The highest BCUT2D eigenvalue weighted by Gasteiger charge is 2.15. The van der Waals surface area contributed by atoms with Crippen LogP contribution in [-0.4, -0.2) is 19.7 Å². The molecule has 0 radical (unpaired) electrons. The zero-order chi connectivity index (χ0) is 11.5. The van der Waals surface area contributed by atoms with Gasteiger partial charge >= 0.3 is 0 Å². The number of nitrogens with one attached hydrogen (secondary N) is 1. The van der Waals surface area contributed by atoms with Gasteiger partial charge in [-0.25, -0.2) is 0 Å². The second-order valence-electron chi connectivity index (χ2n) is 5.29. The molecule has 92 valence electrons. The van der Waals surface area contributed by atoms with Gasteiger partial charge in [-0.05, 0) is 68.3 Å². The fourth-order valence-corrected chi connectivity index (χ4v) is 2.96. The maximum Gasteiger partial charge on any atom is 0.122 e. The van der Waals surface area contributed by atoms with Crippen LogP contribution in [0.3, 0.4) is 0 Å². The molecule has 2 aliphatic heterocycles. The summed E-state index contributed by atoms with van der Waals surface area (Å²) in [6.45, 7) is 3.28. The minimum Gasteiger partial charge on any atom is -0.493 e. The van der Waals surface area contributed by atoms with Gasteiger partial charge in [-0.2, -0.15) is 0 Å². The molecular formula is C15H21NO. The van der Waals surface area contributed by atoms with Crippen LogP contribution in [0, 0.1) is 5.92 Å². The summed E-state index contributed by atoms with van der Waals surface area (Å²) in [5.41, 5.74) is 2.92. The number of piperidine rings is 1. The molecule has 2 aliphatic rings. The Bertz CT molecular complexity index is 383. The van der Waals surface area contributed by atoms with Crippen LogP contribution in [0.2, 0.25) is 0 Å². The Balaban J connectivity index is 1.70. The standard InChI is InChI=1S/C15H21NO/c1-2-14-11-13(3-4-15(14)17-9-1)10-12-5-7-16-8-6-12/h3-4,11-12,16H,1-2,5-10H2. The summed E-state index contributed by atoms with van der Waals surface area (Å²) in [5.74, 6) is 1.99. The van der Waals surface area contributed by atoms with Crippen molar-refractivity contribution in [3.05, 3.63) is 29.3 Å². The van der Waals surface area contributed by atoms with E-state index in [0.717, 1.165) is 18.3 Å². The van der Waals surface area contributed by atoms with Gasteiger partial charge in [0.15, 0.2) is 0 Å². The van der Waals surface area contributed by atoms with Gasteiger partial charge in [0, 0.05) is 0 Å². The summed E-state index contributed by atoms with van der Waals surface area (Å²) < 4.78 is 5.66. The minimum atomic E-state index is 0.874. The van der Waals surface area contributed by atoms with Gasteiger partial charge in [-0.15, -0.1) is 0 Å². The summed E-state index contributed by atoms with van der Waals surface area (Å²) in [5, 5.41) is 3.43. The lowest BCUT2D eigenvalue weighted by atomic mass is 9.90. The second-order valence-corrected chi connectivity index (χ2v) is 5.29. The highest BCUT2D eigenvalue weighted by Crippen LogP contribution is 2.27. The van der Waals surface area contributed by atoms with Crippen molar-refractivity contribution in [1.82, 2.24) is 5.32 Å². The molecule has 1 aromatic carbocycles. The van der Waals surface area contributed by atoms with Crippen molar-refractivity contribution in [1.29, 1.82) is 0 Å². The summed E-state index contributed by atoms with van der Waals surface area (Å²) >= 11 is 0. The fourth-order valence-electron chi connectivity index (χ4n) is 2.96. The molecule has 2 heterocycles. The monoisotopic (exact) mass is 231 g/mol. The third kappa shape index (κ3) is 2.63. The molecule has 2 nitrogen and oxygen atoms in total. The highest BCUT2D eigenvalue weighted by atomic mass is 16.5. The van der Waals surface area contributed by atoms with Gasteiger partial charge in [-0.1, -0.05) is 12.1 Å². The zero-order valence-electron chi connectivity index (χ0n) is 10.4. The normalized spacial score (nSPS) is 20.7. The van der Waals surface area contributed by atoms with Crippen LogP contribution in [0.5, 0.6) is 5.75 Å². The van der Waals surface area contributed by atoms with Crippen LogP contribution >= 0.6 is 0 Å². The minimum absolute atomic E-state index is 0.874. The average molecular weight is 231 g/mol. The first-order valence-corrected chi connectivity index (χ1v) is 6.87. The highest BCUT2D eigenvalue weighted by molar-refractivity contribution is 5.38. The molecule has 0 unspecified atom stereocenters. The quantitative estimate of drug-likeness (QED) is 0.844.